The predicted molar refractivity (Wildman–Crippen MR) is 131 cm³/mol. The highest BCUT2D eigenvalue weighted by Gasteiger charge is 2.12. The maximum absolute atomic E-state index is 12.8. The minimum Gasteiger partial charge on any atom is -0.294 e. The highest BCUT2D eigenvalue weighted by molar-refractivity contribution is 7.99. The van der Waals surface area contributed by atoms with Crippen molar-refractivity contribution in [1.29, 1.82) is 0 Å². The van der Waals surface area contributed by atoms with Crippen molar-refractivity contribution >= 4 is 23.3 Å². The third-order valence-corrected chi connectivity index (χ3v) is 6.55. The molecule has 3 heteroatoms. The second kappa shape index (κ2) is 9.80. The van der Waals surface area contributed by atoms with E-state index in [0.29, 0.717) is 12.0 Å². The van der Waals surface area contributed by atoms with Crippen LogP contribution in [0.1, 0.15) is 43.0 Å². The maximum atomic E-state index is 12.8. The van der Waals surface area contributed by atoms with E-state index in [1.807, 2.05) is 111 Å². The van der Waals surface area contributed by atoms with Gasteiger partial charge in [-0.1, -0.05) is 72.4 Å². The Morgan fingerprint density at radius 2 is 1.16 bits per heavy atom. The lowest BCUT2D eigenvalue weighted by Gasteiger charge is -2.07. The minimum absolute atomic E-state index is 0.0381. The van der Waals surface area contributed by atoms with Gasteiger partial charge >= 0.3 is 0 Å². The number of Topliss-reactive ketones (excluding diaryl/α,β-unsaturated/α-hetero) is 1. The second-order valence-electron chi connectivity index (χ2n) is 7.82. The summed E-state index contributed by atoms with van der Waals surface area (Å²) in [5.74, 6) is 0.158. The molecule has 4 aromatic rings. The van der Waals surface area contributed by atoms with Crippen LogP contribution in [-0.4, -0.2) is 11.6 Å². The molecule has 0 saturated heterocycles. The molecular formula is C29H24O2S. The highest BCUT2D eigenvalue weighted by atomic mass is 32.2. The Hall–Kier alpha value is -3.43. The Kier molecular flexibility index (Phi) is 6.67. The van der Waals surface area contributed by atoms with Crippen LogP contribution in [0.15, 0.2) is 107 Å². The lowest BCUT2D eigenvalue weighted by Crippen LogP contribution is -2.04. The van der Waals surface area contributed by atoms with Gasteiger partial charge in [-0.25, -0.2) is 0 Å². The summed E-state index contributed by atoms with van der Waals surface area (Å²) < 4.78 is 0. The van der Waals surface area contributed by atoms with Crippen molar-refractivity contribution in [2.24, 2.45) is 0 Å². The minimum atomic E-state index is 0.0381. The molecule has 0 N–H and O–H groups in total. The molecule has 0 saturated carbocycles. The first-order valence-electron chi connectivity index (χ1n) is 10.6. The van der Waals surface area contributed by atoms with Gasteiger partial charge in [-0.3, -0.25) is 9.59 Å². The third-order valence-electron chi connectivity index (χ3n) is 5.53. The smallest absolute Gasteiger partial charge is 0.193 e. The number of rotatable bonds is 7. The molecule has 0 atom stereocenters. The van der Waals surface area contributed by atoms with Crippen LogP contribution in [0, 0.1) is 13.8 Å². The number of hydrogen-bond donors (Lipinski definition) is 0. The van der Waals surface area contributed by atoms with Crippen molar-refractivity contribution in [3.63, 3.8) is 0 Å². The van der Waals surface area contributed by atoms with E-state index in [1.165, 1.54) is 0 Å². The SMILES string of the molecule is Cc1ccccc1CC(=O)c1ccc(Sc2ccc(C(=O)c3ccccc3C)cc2)cc1. The molecule has 0 heterocycles. The van der Waals surface area contributed by atoms with Crippen LogP contribution >= 0.6 is 11.8 Å². The zero-order valence-corrected chi connectivity index (χ0v) is 19.0. The number of aryl methyl sites for hydroxylation is 2. The second-order valence-corrected chi connectivity index (χ2v) is 8.97. The van der Waals surface area contributed by atoms with Gasteiger partial charge in [0.1, 0.15) is 0 Å². The van der Waals surface area contributed by atoms with E-state index >= 15 is 0 Å². The van der Waals surface area contributed by atoms with Gasteiger partial charge in [0.15, 0.2) is 11.6 Å². The number of carbonyl (C=O) groups is 2. The van der Waals surface area contributed by atoms with E-state index in [2.05, 4.69) is 0 Å². The highest BCUT2D eigenvalue weighted by Crippen LogP contribution is 2.29. The van der Waals surface area contributed by atoms with E-state index < -0.39 is 0 Å². The van der Waals surface area contributed by atoms with Crippen LogP contribution in [0.3, 0.4) is 0 Å². The largest absolute Gasteiger partial charge is 0.294 e. The van der Waals surface area contributed by atoms with Crippen molar-refractivity contribution < 1.29 is 9.59 Å². The molecule has 0 unspecified atom stereocenters. The van der Waals surface area contributed by atoms with Gasteiger partial charge in [0, 0.05) is 32.9 Å². The Morgan fingerprint density at radius 3 is 1.75 bits per heavy atom. The fourth-order valence-electron chi connectivity index (χ4n) is 3.59. The Morgan fingerprint density at radius 1 is 0.625 bits per heavy atom. The molecule has 0 aromatic heterocycles. The molecule has 0 bridgehead atoms. The van der Waals surface area contributed by atoms with Gasteiger partial charge in [-0.2, -0.15) is 0 Å². The molecule has 32 heavy (non-hydrogen) atoms. The van der Waals surface area contributed by atoms with E-state index in [1.54, 1.807) is 11.8 Å². The van der Waals surface area contributed by atoms with E-state index in [4.69, 9.17) is 0 Å². The normalized spacial score (nSPS) is 10.7. The van der Waals surface area contributed by atoms with E-state index in [9.17, 15) is 9.59 Å². The van der Waals surface area contributed by atoms with Crippen molar-refractivity contribution in [3.8, 4) is 0 Å². The summed E-state index contributed by atoms with van der Waals surface area (Å²) in [5, 5.41) is 0. The van der Waals surface area contributed by atoms with Crippen LogP contribution in [-0.2, 0) is 6.42 Å². The first-order chi connectivity index (χ1) is 15.5. The zero-order chi connectivity index (χ0) is 22.5. The molecule has 0 fully saturated rings. The van der Waals surface area contributed by atoms with Crippen LogP contribution in [0.25, 0.3) is 0 Å². The van der Waals surface area contributed by atoms with Crippen molar-refractivity contribution in [3.05, 3.63) is 130 Å². The van der Waals surface area contributed by atoms with Gasteiger partial charge in [0.05, 0.1) is 0 Å². The monoisotopic (exact) mass is 436 g/mol. The first-order valence-corrected chi connectivity index (χ1v) is 11.4. The predicted octanol–water partition coefficient (Wildman–Crippen LogP) is 7.11. The molecule has 0 aliphatic heterocycles. The van der Waals surface area contributed by atoms with Crippen LogP contribution in [0.4, 0.5) is 0 Å². The maximum Gasteiger partial charge on any atom is 0.193 e. The van der Waals surface area contributed by atoms with Crippen LogP contribution in [0.5, 0.6) is 0 Å². The average Bonchev–Trinajstić information content (AvgIpc) is 2.81. The average molecular weight is 437 g/mol. The summed E-state index contributed by atoms with van der Waals surface area (Å²) in [6, 6.07) is 31.0. The summed E-state index contributed by atoms with van der Waals surface area (Å²) in [5.41, 5.74) is 5.32. The molecule has 2 nitrogen and oxygen atoms in total. The van der Waals surface area contributed by atoms with Gasteiger partial charge in [-0.05, 0) is 66.9 Å². The van der Waals surface area contributed by atoms with Crippen molar-refractivity contribution in [2.75, 3.05) is 0 Å². The van der Waals surface area contributed by atoms with Crippen LogP contribution < -0.4 is 0 Å². The van der Waals surface area contributed by atoms with Crippen molar-refractivity contribution in [2.45, 2.75) is 30.1 Å². The van der Waals surface area contributed by atoms with Crippen LogP contribution in [0.2, 0.25) is 0 Å². The lowest BCUT2D eigenvalue weighted by atomic mass is 9.99. The van der Waals surface area contributed by atoms with E-state index in [-0.39, 0.29) is 11.6 Å². The molecule has 0 radical (unpaired) electrons. The standard InChI is InChI=1S/C29H24O2S/c1-20-7-3-5-9-24(20)19-28(30)22-11-15-25(16-12-22)32-26-17-13-23(14-18-26)29(31)27-10-6-4-8-21(27)2/h3-18H,19H2,1-2H3. The summed E-state index contributed by atoms with van der Waals surface area (Å²) in [7, 11) is 0. The van der Waals surface area contributed by atoms with Crippen molar-refractivity contribution in [1.82, 2.24) is 0 Å². The quantitative estimate of drug-likeness (QED) is 0.290. The molecule has 4 rings (SSSR count). The fourth-order valence-corrected chi connectivity index (χ4v) is 4.40. The number of hydrogen-bond acceptors (Lipinski definition) is 3. The Bertz CT molecular complexity index is 1260. The summed E-state index contributed by atoms with van der Waals surface area (Å²) in [6.45, 7) is 3.98. The van der Waals surface area contributed by atoms with Gasteiger partial charge in [0.2, 0.25) is 0 Å². The molecule has 0 amide bonds. The number of carbonyl (C=O) groups excluding carboxylic acids is 2. The molecule has 0 aliphatic rings. The summed E-state index contributed by atoms with van der Waals surface area (Å²) in [6.07, 6.45) is 0.412. The molecular weight excluding hydrogens is 412 g/mol. The topological polar surface area (TPSA) is 34.1 Å². The Balaban J connectivity index is 1.41. The molecule has 0 aliphatic carbocycles. The Labute approximate surface area is 193 Å². The van der Waals surface area contributed by atoms with Gasteiger partial charge < -0.3 is 0 Å². The lowest BCUT2D eigenvalue weighted by molar-refractivity contribution is 0.0991. The molecule has 4 aromatic carbocycles. The summed E-state index contributed by atoms with van der Waals surface area (Å²) in [4.78, 5) is 27.5. The number of benzene rings is 4. The fraction of sp³-hybridized carbons (Fsp3) is 0.103. The zero-order valence-electron chi connectivity index (χ0n) is 18.2. The van der Waals surface area contributed by atoms with Gasteiger partial charge in [-0.15, -0.1) is 0 Å². The summed E-state index contributed by atoms with van der Waals surface area (Å²) >= 11 is 1.61. The van der Waals surface area contributed by atoms with E-state index in [0.717, 1.165) is 37.6 Å². The molecule has 158 valence electrons. The third kappa shape index (κ3) is 5.06. The van der Waals surface area contributed by atoms with Gasteiger partial charge in [0.25, 0.3) is 0 Å². The first kappa shape index (κ1) is 21.8. The molecule has 0 spiro atoms. The number of ketones is 2.